The van der Waals surface area contributed by atoms with E-state index >= 15 is 0 Å². The van der Waals surface area contributed by atoms with Gasteiger partial charge in [0.25, 0.3) is 0 Å². The van der Waals surface area contributed by atoms with Gasteiger partial charge in [-0.15, -0.1) is 0 Å². The van der Waals surface area contributed by atoms with Crippen molar-refractivity contribution in [1.29, 1.82) is 0 Å². The monoisotopic (exact) mass is 323 g/mol. The number of hydrogen-bond acceptors (Lipinski definition) is 3. The maximum Gasteiger partial charge on any atom is 0.319 e. The predicted molar refractivity (Wildman–Crippen MR) is 94.7 cm³/mol. The smallest absolute Gasteiger partial charge is 0.319 e. The van der Waals surface area contributed by atoms with E-state index in [0.717, 1.165) is 23.2 Å². The van der Waals surface area contributed by atoms with E-state index in [2.05, 4.69) is 27.1 Å². The maximum atomic E-state index is 11.9. The average molecular weight is 323 g/mol. The predicted octanol–water partition coefficient (Wildman–Crippen LogP) is 4.17. The number of carbonyl (C=O) groups is 1. The van der Waals surface area contributed by atoms with Gasteiger partial charge in [-0.25, -0.2) is 4.79 Å². The number of aromatic nitrogens is 1. The molecule has 23 heavy (non-hydrogen) atoms. The summed E-state index contributed by atoms with van der Waals surface area (Å²) < 4.78 is 0. The van der Waals surface area contributed by atoms with Crippen molar-refractivity contribution < 1.29 is 4.79 Å². The molecule has 0 aliphatic carbocycles. The maximum absolute atomic E-state index is 11.9. The zero-order chi connectivity index (χ0) is 15.9. The highest BCUT2D eigenvalue weighted by Crippen LogP contribution is 2.20. The Morgan fingerprint density at radius 3 is 2.43 bits per heavy atom. The molecule has 2 heterocycles. The molecule has 0 aliphatic rings. The van der Waals surface area contributed by atoms with Crippen LogP contribution in [0.25, 0.3) is 11.1 Å². The van der Waals surface area contributed by atoms with Crippen LogP contribution in [0.1, 0.15) is 5.56 Å². The van der Waals surface area contributed by atoms with Crippen LogP contribution >= 0.6 is 11.3 Å². The molecule has 116 valence electrons. The molecule has 0 fully saturated rings. The second-order valence-electron chi connectivity index (χ2n) is 5.08. The van der Waals surface area contributed by atoms with Gasteiger partial charge in [0.2, 0.25) is 0 Å². The molecule has 3 aromatic rings. The molecule has 0 unspecified atom stereocenters. The summed E-state index contributed by atoms with van der Waals surface area (Å²) in [5, 5.41) is 9.84. The van der Waals surface area contributed by atoms with Crippen LogP contribution < -0.4 is 10.6 Å². The Morgan fingerprint density at radius 2 is 1.74 bits per heavy atom. The number of thiophene rings is 1. The minimum absolute atomic E-state index is 0.183. The molecule has 0 saturated carbocycles. The fraction of sp³-hybridized carbons (Fsp3) is 0.111. The van der Waals surface area contributed by atoms with Gasteiger partial charge in [-0.2, -0.15) is 11.3 Å². The molecule has 3 rings (SSSR count). The number of nitrogens with one attached hydrogen (secondary N) is 2. The van der Waals surface area contributed by atoms with Crippen LogP contribution in [0.4, 0.5) is 10.5 Å². The molecule has 0 spiro atoms. The standard InChI is InChI=1S/C18H17N3OS/c22-18(20-11-5-14-8-12-23-13-14)21-17-3-1-15(2-4-17)16-6-9-19-10-7-16/h1-4,6-10,12-13H,5,11H2,(H2,20,21,22). The summed E-state index contributed by atoms with van der Waals surface area (Å²) in [6, 6.07) is 13.6. The lowest BCUT2D eigenvalue weighted by Gasteiger charge is -2.08. The molecule has 1 aromatic carbocycles. The molecule has 0 bridgehead atoms. The Balaban J connectivity index is 1.50. The summed E-state index contributed by atoms with van der Waals surface area (Å²) in [7, 11) is 0. The van der Waals surface area contributed by atoms with Gasteiger partial charge >= 0.3 is 6.03 Å². The quantitative estimate of drug-likeness (QED) is 0.740. The van der Waals surface area contributed by atoms with Crippen LogP contribution in [0.15, 0.2) is 65.6 Å². The van der Waals surface area contributed by atoms with Crippen LogP contribution in [-0.2, 0) is 6.42 Å². The van der Waals surface area contributed by atoms with Crippen molar-refractivity contribution in [2.75, 3.05) is 11.9 Å². The van der Waals surface area contributed by atoms with Crippen LogP contribution in [0, 0.1) is 0 Å². The number of amides is 2. The van der Waals surface area contributed by atoms with Crippen LogP contribution in [0.3, 0.4) is 0 Å². The highest BCUT2D eigenvalue weighted by molar-refractivity contribution is 7.07. The van der Waals surface area contributed by atoms with Gasteiger partial charge in [-0.3, -0.25) is 4.98 Å². The molecule has 2 aromatic heterocycles. The van der Waals surface area contributed by atoms with Crippen molar-refractivity contribution in [3.8, 4) is 11.1 Å². The molecule has 4 nitrogen and oxygen atoms in total. The molecular weight excluding hydrogens is 306 g/mol. The van der Waals surface area contributed by atoms with Crippen molar-refractivity contribution >= 4 is 23.1 Å². The normalized spacial score (nSPS) is 10.3. The molecule has 2 amide bonds. The minimum atomic E-state index is -0.183. The van der Waals surface area contributed by atoms with Gasteiger partial charge in [-0.1, -0.05) is 12.1 Å². The van der Waals surface area contributed by atoms with Gasteiger partial charge in [0.1, 0.15) is 0 Å². The Labute approximate surface area is 139 Å². The topological polar surface area (TPSA) is 54.0 Å². The number of nitrogens with zero attached hydrogens (tertiary/aromatic N) is 1. The Morgan fingerprint density at radius 1 is 1.00 bits per heavy atom. The lowest BCUT2D eigenvalue weighted by Crippen LogP contribution is -2.30. The first-order chi connectivity index (χ1) is 11.3. The summed E-state index contributed by atoms with van der Waals surface area (Å²) >= 11 is 1.67. The average Bonchev–Trinajstić information content (AvgIpc) is 3.10. The third-order valence-electron chi connectivity index (χ3n) is 3.44. The summed E-state index contributed by atoms with van der Waals surface area (Å²) in [6.45, 7) is 0.623. The van der Waals surface area contributed by atoms with E-state index in [4.69, 9.17) is 0 Å². The first-order valence-corrected chi connectivity index (χ1v) is 8.32. The second-order valence-corrected chi connectivity index (χ2v) is 5.86. The molecule has 0 saturated heterocycles. The van der Waals surface area contributed by atoms with Crippen molar-refractivity contribution in [3.05, 3.63) is 71.2 Å². The lowest BCUT2D eigenvalue weighted by molar-refractivity contribution is 0.252. The molecule has 0 atom stereocenters. The molecule has 0 radical (unpaired) electrons. The van der Waals surface area contributed by atoms with Gasteiger partial charge in [-0.05, 0) is 64.2 Å². The second kappa shape index (κ2) is 7.56. The number of rotatable bonds is 5. The van der Waals surface area contributed by atoms with E-state index in [1.165, 1.54) is 5.56 Å². The number of pyridine rings is 1. The van der Waals surface area contributed by atoms with Gasteiger partial charge in [0.05, 0.1) is 0 Å². The van der Waals surface area contributed by atoms with E-state index in [-0.39, 0.29) is 6.03 Å². The number of hydrogen-bond donors (Lipinski definition) is 2. The van der Waals surface area contributed by atoms with E-state index in [1.807, 2.05) is 41.8 Å². The fourth-order valence-electron chi connectivity index (χ4n) is 2.22. The first kappa shape index (κ1) is 15.2. The highest BCUT2D eigenvalue weighted by Gasteiger charge is 2.02. The minimum Gasteiger partial charge on any atom is -0.338 e. The third kappa shape index (κ3) is 4.40. The number of carbonyl (C=O) groups excluding carboxylic acids is 1. The molecule has 5 heteroatoms. The van der Waals surface area contributed by atoms with E-state index in [0.29, 0.717) is 6.54 Å². The molecule has 0 aliphatic heterocycles. The van der Waals surface area contributed by atoms with Crippen molar-refractivity contribution in [1.82, 2.24) is 10.3 Å². The highest BCUT2D eigenvalue weighted by atomic mass is 32.1. The lowest BCUT2D eigenvalue weighted by atomic mass is 10.1. The van der Waals surface area contributed by atoms with Gasteiger partial charge in [0.15, 0.2) is 0 Å². The molecule has 2 N–H and O–H groups in total. The third-order valence-corrected chi connectivity index (χ3v) is 4.17. The zero-order valence-corrected chi connectivity index (χ0v) is 13.3. The first-order valence-electron chi connectivity index (χ1n) is 7.38. The Kier molecular flexibility index (Phi) is 5.01. The fourth-order valence-corrected chi connectivity index (χ4v) is 2.92. The Hall–Kier alpha value is -2.66. The van der Waals surface area contributed by atoms with E-state index in [1.54, 1.807) is 23.7 Å². The largest absolute Gasteiger partial charge is 0.338 e. The van der Waals surface area contributed by atoms with Crippen molar-refractivity contribution in [2.24, 2.45) is 0 Å². The number of benzene rings is 1. The van der Waals surface area contributed by atoms with Crippen LogP contribution in [-0.4, -0.2) is 17.6 Å². The van der Waals surface area contributed by atoms with Gasteiger partial charge in [0, 0.05) is 24.6 Å². The zero-order valence-electron chi connectivity index (χ0n) is 12.5. The summed E-state index contributed by atoms with van der Waals surface area (Å²) in [5.74, 6) is 0. The molecular formula is C18H17N3OS. The summed E-state index contributed by atoms with van der Waals surface area (Å²) in [5.41, 5.74) is 4.22. The van der Waals surface area contributed by atoms with E-state index in [9.17, 15) is 4.79 Å². The van der Waals surface area contributed by atoms with Crippen LogP contribution in [0.5, 0.6) is 0 Å². The number of urea groups is 1. The summed E-state index contributed by atoms with van der Waals surface area (Å²) in [4.78, 5) is 15.9. The van der Waals surface area contributed by atoms with Crippen LogP contribution in [0.2, 0.25) is 0 Å². The van der Waals surface area contributed by atoms with Gasteiger partial charge < -0.3 is 10.6 Å². The number of anilines is 1. The summed E-state index contributed by atoms with van der Waals surface area (Å²) in [6.07, 6.45) is 4.38. The van der Waals surface area contributed by atoms with Crippen molar-refractivity contribution in [3.63, 3.8) is 0 Å². The Bertz CT molecular complexity index is 740. The van der Waals surface area contributed by atoms with Crippen molar-refractivity contribution in [2.45, 2.75) is 6.42 Å². The van der Waals surface area contributed by atoms with E-state index < -0.39 is 0 Å². The SMILES string of the molecule is O=C(NCCc1ccsc1)Nc1ccc(-c2ccncc2)cc1.